The molecule has 1 saturated heterocycles. The van der Waals surface area contributed by atoms with E-state index in [0.29, 0.717) is 6.42 Å². The van der Waals surface area contributed by atoms with Crippen LogP contribution in [0.3, 0.4) is 0 Å². The van der Waals surface area contributed by atoms with E-state index in [9.17, 15) is 4.79 Å². The number of hydrogen-bond acceptors (Lipinski definition) is 1. The van der Waals surface area contributed by atoms with Crippen LogP contribution in [0.2, 0.25) is 0 Å². The Kier molecular flexibility index (Phi) is 2.59. The fourth-order valence-corrected chi connectivity index (χ4v) is 2.23. The minimum absolute atomic E-state index is 0.161. The van der Waals surface area contributed by atoms with E-state index < -0.39 is 0 Å². The minimum atomic E-state index is 0.161. The molecule has 1 aromatic carbocycles. The minimum Gasteiger partial charge on any atom is -0.349 e. The summed E-state index contributed by atoms with van der Waals surface area (Å²) in [5.74, 6) is 0.161. The summed E-state index contributed by atoms with van der Waals surface area (Å²) >= 11 is 3.50. The topological polar surface area (TPSA) is 29.1 Å². The first-order valence-corrected chi connectivity index (χ1v) is 5.52. The fourth-order valence-electron chi connectivity index (χ4n) is 1.85. The summed E-state index contributed by atoms with van der Waals surface area (Å²) in [6.07, 6.45) is 1.56. The molecule has 74 valence electrons. The Morgan fingerprint density at radius 2 is 2.29 bits per heavy atom. The number of amides is 1. The summed E-state index contributed by atoms with van der Waals surface area (Å²) in [6.45, 7) is 2.07. The average molecular weight is 254 g/mol. The summed E-state index contributed by atoms with van der Waals surface area (Å²) in [5, 5.41) is 2.98. The van der Waals surface area contributed by atoms with Crippen molar-refractivity contribution in [2.75, 3.05) is 0 Å². The predicted molar refractivity (Wildman–Crippen MR) is 59.0 cm³/mol. The third-order valence-electron chi connectivity index (χ3n) is 2.68. The molecule has 1 aliphatic rings. The lowest BCUT2D eigenvalue weighted by atomic mass is 10.0. The number of benzene rings is 1. The number of carbonyl (C=O) groups excluding carboxylic acids is 1. The van der Waals surface area contributed by atoms with E-state index in [1.54, 1.807) is 0 Å². The normalized spacial score (nSPS) is 21.0. The van der Waals surface area contributed by atoms with Crippen LogP contribution in [0.25, 0.3) is 0 Å². The Hall–Kier alpha value is -0.830. The van der Waals surface area contributed by atoms with Gasteiger partial charge in [-0.15, -0.1) is 0 Å². The molecule has 1 N–H and O–H groups in total. The van der Waals surface area contributed by atoms with Crippen LogP contribution in [0.15, 0.2) is 22.7 Å². The second-order valence-corrected chi connectivity index (χ2v) is 4.47. The Balaban J connectivity index is 2.32. The molecule has 1 aromatic rings. The average Bonchev–Trinajstić information content (AvgIpc) is 2.57. The molecule has 0 aromatic heterocycles. The van der Waals surface area contributed by atoms with Crippen molar-refractivity contribution >= 4 is 21.8 Å². The van der Waals surface area contributed by atoms with E-state index in [-0.39, 0.29) is 11.9 Å². The highest BCUT2D eigenvalue weighted by Crippen LogP contribution is 2.29. The summed E-state index contributed by atoms with van der Waals surface area (Å²) < 4.78 is 1.11. The highest BCUT2D eigenvalue weighted by Gasteiger charge is 2.23. The third-order valence-corrected chi connectivity index (χ3v) is 3.54. The molecule has 3 heteroatoms. The molecular weight excluding hydrogens is 242 g/mol. The van der Waals surface area contributed by atoms with E-state index in [1.807, 2.05) is 12.1 Å². The van der Waals surface area contributed by atoms with Crippen molar-refractivity contribution in [3.05, 3.63) is 33.8 Å². The SMILES string of the molecule is Cc1c(Br)cccc1[C@@H]1CCC(=O)N1. The Bertz CT molecular complexity index is 376. The van der Waals surface area contributed by atoms with E-state index in [4.69, 9.17) is 0 Å². The van der Waals surface area contributed by atoms with E-state index in [0.717, 1.165) is 10.9 Å². The molecule has 0 spiro atoms. The zero-order chi connectivity index (χ0) is 10.1. The maximum Gasteiger partial charge on any atom is 0.220 e. The summed E-state index contributed by atoms with van der Waals surface area (Å²) in [7, 11) is 0. The van der Waals surface area contributed by atoms with Crippen LogP contribution in [0.1, 0.15) is 30.0 Å². The Labute approximate surface area is 91.8 Å². The van der Waals surface area contributed by atoms with Crippen molar-refractivity contribution in [3.63, 3.8) is 0 Å². The molecule has 0 bridgehead atoms. The predicted octanol–water partition coefficient (Wildman–Crippen LogP) is 2.71. The van der Waals surface area contributed by atoms with Crippen LogP contribution in [0.4, 0.5) is 0 Å². The highest BCUT2D eigenvalue weighted by atomic mass is 79.9. The number of rotatable bonds is 1. The maximum absolute atomic E-state index is 11.1. The van der Waals surface area contributed by atoms with Gasteiger partial charge in [0.25, 0.3) is 0 Å². The van der Waals surface area contributed by atoms with Crippen molar-refractivity contribution in [1.82, 2.24) is 5.32 Å². The summed E-state index contributed by atoms with van der Waals surface area (Å²) in [6, 6.07) is 6.32. The van der Waals surface area contributed by atoms with Gasteiger partial charge >= 0.3 is 0 Å². The van der Waals surface area contributed by atoms with Crippen molar-refractivity contribution < 1.29 is 4.79 Å². The van der Waals surface area contributed by atoms with Gasteiger partial charge < -0.3 is 5.32 Å². The summed E-state index contributed by atoms with van der Waals surface area (Å²) in [5.41, 5.74) is 2.45. The van der Waals surface area contributed by atoms with Gasteiger partial charge in [0.05, 0.1) is 6.04 Å². The Morgan fingerprint density at radius 1 is 1.50 bits per heavy atom. The number of hydrogen-bond donors (Lipinski definition) is 1. The lowest BCUT2D eigenvalue weighted by Crippen LogP contribution is -2.18. The van der Waals surface area contributed by atoms with Crippen molar-refractivity contribution in [1.29, 1.82) is 0 Å². The monoisotopic (exact) mass is 253 g/mol. The first kappa shape index (κ1) is 9.71. The van der Waals surface area contributed by atoms with Gasteiger partial charge in [-0.25, -0.2) is 0 Å². The van der Waals surface area contributed by atoms with Crippen LogP contribution in [-0.4, -0.2) is 5.91 Å². The largest absolute Gasteiger partial charge is 0.349 e. The fraction of sp³-hybridized carbons (Fsp3) is 0.364. The molecule has 1 heterocycles. The first-order chi connectivity index (χ1) is 6.68. The number of carbonyl (C=O) groups is 1. The van der Waals surface area contributed by atoms with Crippen LogP contribution in [0.5, 0.6) is 0 Å². The van der Waals surface area contributed by atoms with Crippen molar-refractivity contribution in [2.45, 2.75) is 25.8 Å². The molecule has 2 rings (SSSR count). The third kappa shape index (κ3) is 1.69. The van der Waals surface area contributed by atoms with Crippen LogP contribution >= 0.6 is 15.9 Å². The molecule has 2 nitrogen and oxygen atoms in total. The van der Waals surface area contributed by atoms with Crippen molar-refractivity contribution in [3.8, 4) is 0 Å². The Morgan fingerprint density at radius 3 is 2.93 bits per heavy atom. The van der Waals surface area contributed by atoms with Gasteiger partial charge in [-0.1, -0.05) is 28.1 Å². The van der Waals surface area contributed by atoms with Gasteiger partial charge in [-0.05, 0) is 30.5 Å². The van der Waals surface area contributed by atoms with Crippen LogP contribution in [-0.2, 0) is 4.79 Å². The van der Waals surface area contributed by atoms with Gasteiger partial charge in [0, 0.05) is 10.9 Å². The lowest BCUT2D eigenvalue weighted by Gasteiger charge is -2.14. The zero-order valence-corrected chi connectivity index (χ0v) is 9.60. The molecule has 0 unspecified atom stereocenters. The van der Waals surface area contributed by atoms with E-state index >= 15 is 0 Å². The highest BCUT2D eigenvalue weighted by molar-refractivity contribution is 9.10. The smallest absolute Gasteiger partial charge is 0.220 e. The maximum atomic E-state index is 11.1. The molecule has 14 heavy (non-hydrogen) atoms. The molecule has 1 amide bonds. The molecule has 1 atom stereocenters. The van der Waals surface area contributed by atoms with Gasteiger partial charge in [-0.2, -0.15) is 0 Å². The molecule has 0 saturated carbocycles. The molecular formula is C11H12BrNO. The molecule has 1 aliphatic heterocycles. The van der Waals surface area contributed by atoms with Crippen molar-refractivity contribution in [2.24, 2.45) is 0 Å². The molecule has 0 radical (unpaired) electrons. The van der Waals surface area contributed by atoms with Gasteiger partial charge in [0.2, 0.25) is 5.91 Å². The lowest BCUT2D eigenvalue weighted by molar-refractivity contribution is -0.119. The first-order valence-electron chi connectivity index (χ1n) is 4.73. The second-order valence-electron chi connectivity index (χ2n) is 3.61. The number of nitrogens with one attached hydrogen (secondary N) is 1. The van der Waals surface area contributed by atoms with Gasteiger partial charge in [0.1, 0.15) is 0 Å². The van der Waals surface area contributed by atoms with Crippen LogP contribution in [0, 0.1) is 6.92 Å². The standard InChI is InChI=1S/C11H12BrNO/c1-7-8(3-2-4-9(7)12)10-5-6-11(14)13-10/h2-4,10H,5-6H2,1H3,(H,13,14)/t10-/m0/s1. The number of halogens is 1. The van der Waals surface area contributed by atoms with Gasteiger partial charge in [-0.3, -0.25) is 4.79 Å². The quantitative estimate of drug-likeness (QED) is 0.820. The molecule has 1 fully saturated rings. The van der Waals surface area contributed by atoms with E-state index in [1.165, 1.54) is 11.1 Å². The van der Waals surface area contributed by atoms with Gasteiger partial charge in [0.15, 0.2) is 0 Å². The molecule has 0 aliphatic carbocycles. The summed E-state index contributed by atoms with van der Waals surface area (Å²) in [4.78, 5) is 11.1. The zero-order valence-electron chi connectivity index (χ0n) is 8.01. The van der Waals surface area contributed by atoms with E-state index in [2.05, 4.69) is 34.2 Å². The second kappa shape index (κ2) is 3.73. The van der Waals surface area contributed by atoms with Crippen LogP contribution < -0.4 is 5.32 Å².